The van der Waals surface area contributed by atoms with E-state index in [9.17, 15) is 13.2 Å². The number of nitrogens with one attached hydrogen (secondary N) is 1. The summed E-state index contributed by atoms with van der Waals surface area (Å²) in [5, 5.41) is 3.20. The van der Waals surface area contributed by atoms with Crippen molar-refractivity contribution in [2.45, 2.75) is 31.8 Å². The number of alkyl halides is 3. The van der Waals surface area contributed by atoms with Crippen molar-refractivity contribution in [3.63, 3.8) is 0 Å². The van der Waals surface area contributed by atoms with E-state index in [4.69, 9.17) is 4.74 Å². The van der Waals surface area contributed by atoms with E-state index in [2.05, 4.69) is 5.32 Å². The third-order valence-electron chi connectivity index (χ3n) is 2.67. The van der Waals surface area contributed by atoms with Gasteiger partial charge in [-0.05, 0) is 31.5 Å². The molecule has 0 aromatic heterocycles. The zero-order valence-electron chi connectivity index (χ0n) is 10.0. The Balaban J connectivity index is 0.00000162. The SMILES string of the molecule is CC1(C)COC(c2ccc(C(F)(F)F)cc2)N1.Cl. The van der Waals surface area contributed by atoms with Gasteiger partial charge in [-0.1, -0.05) is 12.1 Å². The van der Waals surface area contributed by atoms with E-state index in [-0.39, 0.29) is 24.2 Å². The van der Waals surface area contributed by atoms with E-state index in [0.29, 0.717) is 12.2 Å². The summed E-state index contributed by atoms with van der Waals surface area (Å²) in [7, 11) is 0. The van der Waals surface area contributed by atoms with Crippen molar-refractivity contribution < 1.29 is 17.9 Å². The van der Waals surface area contributed by atoms with Gasteiger partial charge in [0, 0.05) is 5.54 Å². The first-order valence-corrected chi connectivity index (χ1v) is 5.34. The molecule has 0 bridgehead atoms. The van der Waals surface area contributed by atoms with Crippen LogP contribution in [0.3, 0.4) is 0 Å². The number of benzene rings is 1. The van der Waals surface area contributed by atoms with Crippen LogP contribution < -0.4 is 5.32 Å². The lowest BCUT2D eigenvalue weighted by atomic mass is 10.1. The molecule has 1 fully saturated rings. The maximum absolute atomic E-state index is 12.4. The van der Waals surface area contributed by atoms with Gasteiger partial charge in [-0.2, -0.15) is 13.2 Å². The minimum atomic E-state index is -4.29. The molecule has 1 aromatic carbocycles. The Morgan fingerprint density at radius 1 is 1.22 bits per heavy atom. The molecule has 1 aliphatic heterocycles. The second kappa shape index (κ2) is 5.07. The highest BCUT2D eigenvalue weighted by atomic mass is 35.5. The van der Waals surface area contributed by atoms with Crippen LogP contribution in [-0.4, -0.2) is 12.1 Å². The molecule has 1 saturated heterocycles. The molecule has 102 valence electrons. The third kappa shape index (κ3) is 3.37. The molecule has 1 aromatic rings. The van der Waals surface area contributed by atoms with Crippen molar-refractivity contribution in [2.24, 2.45) is 0 Å². The summed E-state index contributed by atoms with van der Waals surface area (Å²) in [5.74, 6) is 0. The van der Waals surface area contributed by atoms with E-state index in [0.717, 1.165) is 12.1 Å². The van der Waals surface area contributed by atoms with Crippen LogP contribution in [0.25, 0.3) is 0 Å². The first kappa shape index (κ1) is 15.3. The number of hydrogen-bond acceptors (Lipinski definition) is 2. The number of rotatable bonds is 1. The van der Waals surface area contributed by atoms with E-state index >= 15 is 0 Å². The average Bonchev–Trinajstić information content (AvgIpc) is 2.58. The number of ether oxygens (including phenoxy) is 1. The molecule has 2 nitrogen and oxygen atoms in total. The van der Waals surface area contributed by atoms with Crippen LogP contribution in [0.4, 0.5) is 13.2 Å². The van der Waals surface area contributed by atoms with Crippen molar-refractivity contribution >= 4 is 12.4 Å². The van der Waals surface area contributed by atoms with Gasteiger partial charge in [0.1, 0.15) is 6.23 Å². The maximum atomic E-state index is 12.4. The van der Waals surface area contributed by atoms with Crippen molar-refractivity contribution in [1.29, 1.82) is 0 Å². The van der Waals surface area contributed by atoms with Crippen molar-refractivity contribution in [3.05, 3.63) is 35.4 Å². The van der Waals surface area contributed by atoms with Crippen LogP contribution in [0.1, 0.15) is 31.2 Å². The van der Waals surface area contributed by atoms with Crippen molar-refractivity contribution in [3.8, 4) is 0 Å². The van der Waals surface area contributed by atoms with E-state index in [1.165, 1.54) is 12.1 Å². The van der Waals surface area contributed by atoms with Gasteiger partial charge in [-0.3, -0.25) is 5.32 Å². The van der Waals surface area contributed by atoms with Gasteiger partial charge in [-0.25, -0.2) is 0 Å². The highest BCUT2D eigenvalue weighted by Crippen LogP contribution is 2.31. The summed E-state index contributed by atoms with van der Waals surface area (Å²) >= 11 is 0. The Bertz CT molecular complexity index is 403. The first-order chi connectivity index (χ1) is 7.78. The van der Waals surface area contributed by atoms with Crippen molar-refractivity contribution in [1.82, 2.24) is 5.32 Å². The first-order valence-electron chi connectivity index (χ1n) is 5.34. The summed E-state index contributed by atoms with van der Waals surface area (Å²) in [6.45, 7) is 4.51. The fourth-order valence-electron chi connectivity index (χ4n) is 1.76. The lowest BCUT2D eigenvalue weighted by Crippen LogP contribution is -2.35. The minimum Gasteiger partial charge on any atom is -0.357 e. The zero-order chi connectivity index (χ0) is 12.7. The lowest BCUT2D eigenvalue weighted by molar-refractivity contribution is -0.137. The van der Waals surface area contributed by atoms with Crippen molar-refractivity contribution in [2.75, 3.05) is 6.61 Å². The molecular weight excluding hydrogens is 267 g/mol. The summed E-state index contributed by atoms with van der Waals surface area (Å²) in [4.78, 5) is 0. The predicted molar refractivity (Wildman–Crippen MR) is 64.6 cm³/mol. The van der Waals surface area contributed by atoms with Crippen LogP contribution >= 0.6 is 12.4 Å². The van der Waals surface area contributed by atoms with Gasteiger partial charge in [0.05, 0.1) is 12.2 Å². The van der Waals surface area contributed by atoms with Gasteiger partial charge < -0.3 is 4.74 Å². The molecule has 0 aliphatic carbocycles. The minimum absolute atomic E-state index is 0. The van der Waals surface area contributed by atoms with Gasteiger partial charge in [0.2, 0.25) is 0 Å². The molecule has 6 heteroatoms. The van der Waals surface area contributed by atoms with Gasteiger partial charge in [0.15, 0.2) is 0 Å². The van der Waals surface area contributed by atoms with Crippen LogP contribution in [0.5, 0.6) is 0 Å². The molecule has 0 saturated carbocycles. The molecule has 1 aliphatic rings. The lowest BCUT2D eigenvalue weighted by Gasteiger charge is -2.17. The van der Waals surface area contributed by atoms with Crippen LogP contribution in [0.2, 0.25) is 0 Å². The molecule has 0 amide bonds. The van der Waals surface area contributed by atoms with Gasteiger partial charge in [-0.15, -0.1) is 12.4 Å². The molecule has 0 radical (unpaired) electrons. The van der Waals surface area contributed by atoms with E-state index in [1.807, 2.05) is 13.8 Å². The van der Waals surface area contributed by atoms with Gasteiger partial charge in [0.25, 0.3) is 0 Å². The molecule has 0 spiro atoms. The molecule has 1 atom stereocenters. The summed E-state index contributed by atoms with van der Waals surface area (Å²) in [6, 6.07) is 5.04. The highest BCUT2D eigenvalue weighted by molar-refractivity contribution is 5.85. The molecular formula is C12H15ClF3NO. The molecule has 1 unspecified atom stereocenters. The Hall–Kier alpha value is -0.780. The Kier molecular flexibility index (Phi) is 4.30. The highest BCUT2D eigenvalue weighted by Gasteiger charge is 2.33. The zero-order valence-corrected chi connectivity index (χ0v) is 10.9. The van der Waals surface area contributed by atoms with E-state index in [1.54, 1.807) is 0 Å². The summed E-state index contributed by atoms with van der Waals surface area (Å²) < 4.78 is 42.6. The third-order valence-corrected chi connectivity index (χ3v) is 2.67. The van der Waals surface area contributed by atoms with E-state index < -0.39 is 11.7 Å². The Morgan fingerprint density at radius 2 is 1.78 bits per heavy atom. The second-order valence-corrected chi connectivity index (χ2v) is 4.84. The molecule has 2 rings (SSSR count). The average molecular weight is 282 g/mol. The fourth-order valence-corrected chi connectivity index (χ4v) is 1.76. The fraction of sp³-hybridized carbons (Fsp3) is 0.500. The molecule has 18 heavy (non-hydrogen) atoms. The standard InChI is InChI=1S/C12H14F3NO.ClH/c1-11(2)7-17-10(16-11)8-3-5-9(6-4-8)12(13,14)15;/h3-6,10,16H,7H2,1-2H3;1H. The van der Waals surface area contributed by atoms with Crippen LogP contribution in [-0.2, 0) is 10.9 Å². The van der Waals surface area contributed by atoms with Gasteiger partial charge >= 0.3 is 6.18 Å². The second-order valence-electron chi connectivity index (χ2n) is 4.84. The van der Waals surface area contributed by atoms with Crippen LogP contribution in [0.15, 0.2) is 24.3 Å². The Morgan fingerprint density at radius 3 is 2.17 bits per heavy atom. The monoisotopic (exact) mass is 281 g/mol. The quantitative estimate of drug-likeness (QED) is 0.850. The summed E-state index contributed by atoms with van der Waals surface area (Å²) in [6.07, 6.45) is -4.62. The predicted octanol–water partition coefficient (Wildman–Crippen LogP) is 3.52. The largest absolute Gasteiger partial charge is 0.416 e. The normalized spacial score (nSPS) is 22.6. The van der Waals surface area contributed by atoms with Crippen LogP contribution in [0, 0.1) is 0 Å². The Labute approximate surface area is 110 Å². The molecule has 1 heterocycles. The topological polar surface area (TPSA) is 21.3 Å². The summed E-state index contributed by atoms with van der Waals surface area (Å²) in [5.41, 5.74) is -0.0741. The number of halogens is 4. The smallest absolute Gasteiger partial charge is 0.357 e. The maximum Gasteiger partial charge on any atom is 0.416 e. The number of hydrogen-bond donors (Lipinski definition) is 1. The molecule has 1 N–H and O–H groups in total.